The van der Waals surface area contributed by atoms with Crippen LogP contribution in [-0.4, -0.2) is 19.8 Å². The summed E-state index contributed by atoms with van der Waals surface area (Å²) in [5, 5.41) is 2.90. The number of ether oxygens (including phenoxy) is 1. The van der Waals surface area contributed by atoms with Crippen molar-refractivity contribution in [1.82, 2.24) is 5.32 Å². The second-order valence-corrected chi connectivity index (χ2v) is 4.00. The highest BCUT2D eigenvalue weighted by Crippen LogP contribution is 2.28. The van der Waals surface area contributed by atoms with Crippen LogP contribution < -0.4 is 10.1 Å². The van der Waals surface area contributed by atoms with Gasteiger partial charge in [-0.3, -0.25) is 0 Å². The van der Waals surface area contributed by atoms with Gasteiger partial charge in [-0.25, -0.2) is 0 Å². The first-order valence-corrected chi connectivity index (χ1v) is 5.93. The average molecular weight is 261 g/mol. The Morgan fingerprint density at radius 2 is 1.83 bits per heavy atom. The Labute approximate surface area is 105 Å². The topological polar surface area (TPSA) is 21.3 Å². The summed E-state index contributed by atoms with van der Waals surface area (Å²) in [5.41, 5.74) is 0.838. The molecule has 102 valence electrons. The van der Waals surface area contributed by atoms with E-state index in [1.165, 1.54) is 0 Å². The Morgan fingerprint density at radius 3 is 2.28 bits per heavy atom. The maximum atomic E-state index is 12.2. The molecule has 1 unspecified atom stereocenters. The third-order valence-electron chi connectivity index (χ3n) is 2.66. The van der Waals surface area contributed by atoms with Crippen LogP contribution >= 0.6 is 0 Å². The van der Waals surface area contributed by atoms with Crippen molar-refractivity contribution in [2.75, 3.05) is 13.7 Å². The summed E-state index contributed by atoms with van der Waals surface area (Å²) in [4.78, 5) is 0. The molecule has 0 radical (unpaired) electrons. The highest BCUT2D eigenvalue weighted by molar-refractivity contribution is 5.29. The van der Waals surface area contributed by atoms with E-state index in [0.717, 1.165) is 11.3 Å². The van der Waals surface area contributed by atoms with Gasteiger partial charge in [0.1, 0.15) is 5.75 Å². The minimum atomic E-state index is -4.11. The predicted octanol–water partition coefficient (Wildman–Crippen LogP) is 3.69. The van der Waals surface area contributed by atoms with Gasteiger partial charge in [0.2, 0.25) is 0 Å². The molecule has 0 saturated heterocycles. The van der Waals surface area contributed by atoms with Gasteiger partial charge < -0.3 is 10.1 Å². The molecule has 18 heavy (non-hydrogen) atoms. The Balaban J connectivity index is 2.64. The maximum absolute atomic E-state index is 12.2. The second-order valence-electron chi connectivity index (χ2n) is 4.00. The molecule has 0 heterocycles. The number of alkyl halides is 3. The number of rotatable bonds is 6. The fraction of sp³-hybridized carbons (Fsp3) is 0.538. The molecule has 0 aliphatic carbocycles. The first-order chi connectivity index (χ1) is 8.46. The average Bonchev–Trinajstić information content (AvgIpc) is 2.31. The molecular formula is C13H18F3NO. The molecule has 0 fully saturated rings. The van der Waals surface area contributed by atoms with E-state index < -0.39 is 12.6 Å². The van der Waals surface area contributed by atoms with Crippen molar-refractivity contribution >= 4 is 0 Å². The summed E-state index contributed by atoms with van der Waals surface area (Å²) in [7, 11) is 1.66. The molecule has 2 nitrogen and oxygen atoms in total. The van der Waals surface area contributed by atoms with Gasteiger partial charge in [-0.2, -0.15) is 13.2 Å². The van der Waals surface area contributed by atoms with Crippen LogP contribution in [0.15, 0.2) is 24.3 Å². The van der Waals surface area contributed by atoms with Crippen LogP contribution in [-0.2, 0) is 0 Å². The Hall–Kier alpha value is -1.23. The van der Waals surface area contributed by atoms with Gasteiger partial charge in [0, 0.05) is 12.5 Å². The van der Waals surface area contributed by atoms with E-state index in [1.54, 1.807) is 31.3 Å². The summed E-state index contributed by atoms with van der Waals surface area (Å²) in [5.74, 6) is 0.729. The molecule has 0 saturated carbocycles. The summed E-state index contributed by atoms with van der Waals surface area (Å²) in [6, 6.07) is 6.85. The van der Waals surface area contributed by atoms with Gasteiger partial charge >= 0.3 is 6.18 Å². The SMILES string of the molecule is CCOc1ccc(C(CCC(F)(F)F)NC)cc1. The van der Waals surface area contributed by atoms with Crippen molar-refractivity contribution in [1.29, 1.82) is 0 Å². The van der Waals surface area contributed by atoms with Gasteiger partial charge in [-0.05, 0) is 38.1 Å². The molecular weight excluding hydrogens is 243 g/mol. The van der Waals surface area contributed by atoms with Gasteiger partial charge in [0.15, 0.2) is 0 Å². The minimum absolute atomic E-state index is 0.0357. The molecule has 1 N–H and O–H groups in total. The van der Waals surface area contributed by atoms with Crippen LogP contribution in [0.25, 0.3) is 0 Å². The van der Waals surface area contributed by atoms with Crippen LogP contribution in [0.3, 0.4) is 0 Å². The van der Waals surface area contributed by atoms with Crippen molar-refractivity contribution in [3.63, 3.8) is 0 Å². The fourth-order valence-electron chi connectivity index (χ4n) is 1.75. The number of halogens is 3. The Kier molecular flexibility index (Phi) is 5.47. The van der Waals surface area contributed by atoms with Crippen molar-refractivity contribution < 1.29 is 17.9 Å². The highest BCUT2D eigenvalue weighted by Gasteiger charge is 2.28. The Morgan fingerprint density at radius 1 is 1.22 bits per heavy atom. The predicted molar refractivity (Wildman–Crippen MR) is 64.7 cm³/mol. The highest BCUT2D eigenvalue weighted by atomic mass is 19.4. The largest absolute Gasteiger partial charge is 0.494 e. The zero-order valence-electron chi connectivity index (χ0n) is 10.6. The Bertz CT molecular complexity index is 348. The summed E-state index contributed by atoms with van der Waals surface area (Å²) < 4.78 is 41.8. The zero-order valence-corrected chi connectivity index (χ0v) is 10.6. The van der Waals surface area contributed by atoms with Crippen molar-refractivity contribution in [3.05, 3.63) is 29.8 Å². The molecule has 1 rings (SSSR count). The smallest absolute Gasteiger partial charge is 0.389 e. The zero-order chi connectivity index (χ0) is 13.6. The maximum Gasteiger partial charge on any atom is 0.389 e. The standard InChI is InChI=1S/C13H18F3NO/c1-3-18-11-6-4-10(5-7-11)12(17-2)8-9-13(14,15)16/h4-7,12,17H,3,8-9H2,1-2H3. The molecule has 0 spiro atoms. The molecule has 1 aromatic carbocycles. The molecule has 1 atom stereocenters. The minimum Gasteiger partial charge on any atom is -0.494 e. The van der Waals surface area contributed by atoms with Crippen LogP contribution in [0.5, 0.6) is 5.75 Å². The first kappa shape index (κ1) is 14.8. The van der Waals surface area contributed by atoms with Gasteiger partial charge in [-0.15, -0.1) is 0 Å². The van der Waals surface area contributed by atoms with Crippen LogP contribution in [0, 0.1) is 0 Å². The number of benzene rings is 1. The van der Waals surface area contributed by atoms with Crippen molar-refractivity contribution in [3.8, 4) is 5.75 Å². The van der Waals surface area contributed by atoms with Crippen molar-refractivity contribution in [2.45, 2.75) is 32.0 Å². The summed E-state index contributed by atoms with van der Waals surface area (Å²) in [6.07, 6.45) is -4.86. The van der Waals surface area contributed by atoms with E-state index in [2.05, 4.69) is 5.32 Å². The molecule has 1 aromatic rings. The number of hydrogen-bond donors (Lipinski definition) is 1. The van der Waals surface area contributed by atoms with E-state index in [9.17, 15) is 13.2 Å². The lowest BCUT2D eigenvalue weighted by atomic mass is 10.0. The second kappa shape index (κ2) is 6.64. The van der Waals surface area contributed by atoms with Crippen LogP contribution in [0.4, 0.5) is 13.2 Å². The van der Waals surface area contributed by atoms with Crippen LogP contribution in [0.1, 0.15) is 31.4 Å². The quantitative estimate of drug-likeness (QED) is 0.843. The lowest BCUT2D eigenvalue weighted by Crippen LogP contribution is -2.19. The van der Waals surface area contributed by atoms with E-state index in [1.807, 2.05) is 6.92 Å². The molecule has 0 aromatic heterocycles. The van der Waals surface area contributed by atoms with E-state index >= 15 is 0 Å². The van der Waals surface area contributed by atoms with E-state index in [0.29, 0.717) is 6.61 Å². The summed E-state index contributed by atoms with van der Waals surface area (Å²) in [6.45, 7) is 2.45. The van der Waals surface area contributed by atoms with Gasteiger partial charge in [0.05, 0.1) is 6.61 Å². The lowest BCUT2D eigenvalue weighted by Gasteiger charge is -2.18. The molecule has 0 amide bonds. The van der Waals surface area contributed by atoms with Crippen LogP contribution in [0.2, 0.25) is 0 Å². The fourth-order valence-corrected chi connectivity index (χ4v) is 1.75. The molecule has 0 aliphatic rings. The monoisotopic (exact) mass is 261 g/mol. The van der Waals surface area contributed by atoms with E-state index in [-0.39, 0.29) is 12.5 Å². The third kappa shape index (κ3) is 4.96. The number of nitrogens with one attached hydrogen (secondary N) is 1. The molecule has 5 heteroatoms. The third-order valence-corrected chi connectivity index (χ3v) is 2.66. The summed E-state index contributed by atoms with van der Waals surface area (Å²) >= 11 is 0. The molecule has 0 aliphatic heterocycles. The van der Waals surface area contributed by atoms with E-state index in [4.69, 9.17) is 4.74 Å². The van der Waals surface area contributed by atoms with Gasteiger partial charge in [0.25, 0.3) is 0 Å². The molecule has 0 bridgehead atoms. The van der Waals surface area contributed by atoms with Crippen molar-refractivity contribution in [2.24, 2.45) is 0 Å². The normalized spacial score (nSPS) is 13.4. The van der Waals surface area contributed by atoms with Gasteiger partial charge in [-0.1, -0.05) is 12.1 Å². The first-order valence-electron chi connectivity index (χ1n) is 5.93. The number of hydrogen-bond acceptors (Lipinski definition) is 2. The lowest BCUT2D eigenvalue weighted by molar-refractivity contribution is -0.136.